The standard InChI is InChI=1S/C8H20N2O3S/c1-4-9-5-8-14(11,12)10(2)6-7-13-3/h9H,4-8H2,1-3H3. The minimum Gasteiger partial charge on any atom is -0.383 e. The van der Waals surface area contributed by atoms with Gasteiger partial charge in [-0.25, -0.2) is 12.7 Å². The molecule has 0 aliphatic carbocycles. The highest BCUT2D eigenvalue weighted by Crippen LogP contribution is 1.96. The minimum absolute atomic E-state index is 0.140. The van der Waals surface area contributed by atoms with E-state index in [-0.39, 0.29) is 5.75 Å². The van der Waals surface area contributed by atoms with Gasteiger partial charge in [0.25, 0.3) is 0 Å². The topological polar surface area (TPSA) is 58.6 Å². The van der Waals surface area contributed by atoms with Crippen molar-refractivity contribution in [1.29, 1.82) is 0 Å². The summed E-state index contributed by atoms with van der Waals surface area (Å²) in [4.78, 5) is 0. The second kappa shape index (κ2) is 7.17. The van der Waals surface area contributed by atoms with Crippen LogP contribution in [-0.4, -0.2) is 58.9 Å². The van der Waals surface area contributed by atoms with Gasteiger partial charge in [-0.05, 0) is 6.54 Å². The molecular formula is C8H20N2O3S. The molecule has 0 amide bonds. The zero-order valence-electron chi connectivity index (χ0n) is 9.12. The molecule has 0 saturated heterocycles. The van der Waals surface area contributed by atoms with Gasteiger partial charge in [-0.15, -0.1) is 0 Å². The number of ether oxygens (including phenoxy) is 1. The lowest BCUT2D eigenvalue weighted by atomic mass is 10.7. The average Bonchev–Trinajstić information content (AvgIpc) is 2.14. The average molecular weight is 224 g/mol. The van der Waals surface area contributed by atoms with Crippen LogP contribution in [0, 0.1) is 0 Å². The van der Waals surface area contributed by atoms with E-state index in [1.807, 2.05) is 6.92 Å². The summed E-state index contributed by atoms with van der Waals surface area (Å²) in [5, 5.41) is 2.98. The Morgan fingerprint density at radius 3 is 2.57 bits per heavy atom. The van der Waals surface area contributed by atoms with Gasteiger partial charge in [-0.1, -0.05) is 6.92 Å². The molecule has 0 radical (unpaired) electrons. The van der Waals surface area contributed by atoms with Crippen molar-refractivity contribution >= 4 is 10.0 Å². The van der Waals surface area contributed by atoms with E-state index < -0.39 is 10.0 Å². The fourth-order valence-electron chi connectivity index (χ4n) is 0.893. The normalized spacial score (nSPS) is 12.3. The van der Waals surface area contributed by atoms with Crippen molar-refractivity contribution in [2.75, 3.05) is 46.2 Å². The van der Waals surface area contributed by atoms with Gasteiger partial charge in [-0.3, -0.25) is 0 Å². The van der Waals surface area contributed by atoms with E-state index in [0.29, 0.717) is 19.7 Å². The number of hydrogen-bond acceptors (Lipinski definition) is 4. The molecule has 0 unspecified atom stereocenters. The van der Waals surface area contributed by atoms with Crippen molar-refractivity contribution in [2.45, 2.75) is 6.92 Å². The van der Waals surface area contributed by atoms with Crippen LogP contribution >= 0.6 is 0 Å². The van der Waals surface area contributed by atoms with Gasteiger partial charge < -0.3 is 10.1 Å². The monoisotopic (exact) mass is 224 g/mol. The van der Waals surface area contributed by atoms with Gasteiger partial charge in [0.05, 0.1) is 12.4 Å². The minimum atomic E-state index is -3.11. The lowest BCUT2D eigenvalue weighted by molar-refractivity contribution is 0.185. The molecule has 0 bridgehead atoms. The summed E-state index contributed by atoms with van der Waals surface area (Å²) >= 11 is 0. The molecule has 0 aliphatic heterocycles. The summed E-state index contributed by atoms with van der Waals surface area (Å²) in [6.45, 7) is 4.07. The number of nitrogens with zero attached hydrogens (tertiary/aromatic N) is 1. The number of nitrogens with one attached hydrogen (secondary N) is 1. The number of sulfonamides is 1. The molecular weight excluding hydrogens is 204 g/mol. The molecule has 86 valence electrons. The summed E-state index contributed by atoms with van der Waals surface area (Å²) in [6, 6.07) is 0. The lowest BCUT2D eigenvalue weighted by Crippen LogP contribution is -2.35. The van der Waals surface area contributed by atoms with Crippen LogP contribution in [-0.2, 0) is 14.8 Å². The van der Waals surface area contributed by atoms with Gasteiger partial charge >= 0.3 is 0 Å². The number of likely N-dealkylation sites (N-methyl/N-ethyl adjacent to an activating group) is 1. The van der Waals surface area contributed by atoms with Crippen LogP contribution in [0.15, 0.2) is 0 Å². The molecule has 0 atom stereocenters. The highest BCUT2D eigenvalue weighted by atomic mass is 32.2. The van der Waals surface area contributed by atoms with Gasteiger partial charge in [0.1, 0.15) is 0 Å². The van der Waals surface area contributed by atoms with E-state index in [4.69, 9.17) is 4.74 Å². The predicted octanol–water partition coefficient (Wildman–Crippen LogP) is -0.496. The third kappa shape index (κ3) is 5.54. The molecule has 0 rings (SSSR count). The molecule has 0 heterocycles. The Kier molecular flexibility index (Phi) is 7.08. The summed E-state index contributed by atoms with van der Waals surface area (Å²) in [5.74, 6) is 0.140. The molecule has 0 aromatic rings. The van der Waals surface area contributed by atoms with Crippen molar-refractivity contribution < 1.29 is 13.2 Å². The van der Waals surface area contributed by atoms with Crippen molar-refractivity contribution in [3.8, 4) is 0 Å². The van der Waals surface area contributed by atoms with Gasteiger partial charge in [-0.2, -0.15) is 0 Å². The van der Waals surface area contributed by atoms with Gasteiger partial charge in [0, 0.05) is 27.2 Å². The highest BCUT2D eigenvalue weighted by molar-refractivity contribution is 7.89. The first kappa shape index (κ1) is 13.8. The first-order chi connectivity index (χ1) is 6.54. The molecule has 0 spiro atoms. The van der Waals surface area contributed by atoms with E-state index in [9.17, 15) is 8.42 Å². The molecule has 0 saturated carbocycles. The largest absolute Gasteiger partial charge is 0.383 e. The van der Waals surface area contributed by atoms with E-state index in [0.717, 1.165) is 6.54 Å². The third-order valence-corrected chi connectivity index (χ3v) is 3.72. The Labute approximate surface area is 86.5 Å². The Morgan fingerprint density at radius 2 is 2.07 bits per heavy atom. The van der Waals surface area contributed by atoms with E-state index in [2.05, 4.69) is 5.32 Å². The van der Waals surface area contributed by atoms with Gasteiger partial charge in [0.15, 0.2) is 0 Å². The first-order valence-electron chi connectivity index (χ1n) is 4.68. The second-order valence-corrected chi connectivity index (χ2v) is 5.18. The van der Waals surface area contributed by atoms with E-state index >= 15 is 0 Å². The Bertz CT molecular complexity index is 229. The molecule has 6 heteroatoms. The van der Waals surface area contributed by atoms with Crippen LogP contribution < -0.4 is 5.32 Å². The van der Waals surface area contributed by atoms with Crippen molar-refractivity contribution in [1.82, 2.24) is 9.62 Å². The quantitative estimate of drug-likeness (QED) is 0.565. The van der Waals surface area contributed by atoms with Gasteiger partial charge in [0.2, 0.25) is 10.0 Å². The van der Waals surface area contributed by atoms with Crippen molar-refractivity contribution in [3.05, 3.63) is 0 Å². The molecule has 1 N–H and O–H groups in total. The Morgan fingerprint density at radius 1 is 1.43 bits per heavy atom. The smallest absolute Gasteiger partial charge is 0.215 e. The van der Waals surface area contributed by atoms with E-state index in [1.54, 1.807) is 14.2 Å². The molecule has 14 heavy (non-hydrogen) atoms. The maximum absolute atomic E-state index is 11.5. The number of hydrogen-bond donors (Lipinski definition) is 1. The second-order valence-electron chi connectivity index (χ2n) is 2.98. The molecule has 5 nitrogen and oxygen atoms in total. The Hall–Kier alpha value is -0.170. The summed E-state index contributed by atoms with van der Waals surface area (Å²) in [6.07, 6.45) is 0. The zero-order valence-corrected chi connectivity index (χ0v) is 9.93. The maximum atomic E-state index is 11.5. The third-order valence-electron chi connectivity index (χ3n) is 1.87. The lowest BCUT2D eigenvalue weighted by Gasteiger charge is -2.16. The van der Waals surface area contributed by atoms with Crippen LogP contribution in [0.5, 0.6) is 0 Å². The number of methoxy groups -OCH3 is 1. The highest BCUT2D eigenvalue weighted by Gasteiger charge is 2.16. The predicted molar refractivity (Wildman–Crippen MR) is 56.8 cm³/mol. The number of rotatable bonds is 8. The van der Waals surface area contributed by atoms with Crippen LogP contribution in [0.3, 0.4) is 0 Å². The molecule has 0 aromatic heterocycles. The summed E-state index contributed by atoms with van der Waals surface area (Å²) < 4.78 is 29.2. The fourth-order valence-corrected chi connectivity index (χ4v) is 1.96. The molecule has 0 aliphatic rings. The summed E-state index contributed by atoms with van der Waals surface area (Å²) in [7, 11) is 0.0105. The van der Waals surface area contributed by atoms with Crippen LogP contribution in [0.25, 0.3) is 0 Å². The van der Waals surface area contributed by atoms with E-state index in [1.165, 1.54) is 4.31 Å². The van der Waals surface area contributed by atoms with Crippen LogP contribution in [0.1, 0.15) is 6.92 Å². The molecule has 0 fully saturated rings. The SMILES string of the molecule is CCNCCS(=O)(=O)N(C)CCOC. The summed E-state index contributed by atoms with van der Waals surface area (Å²) in [5.41, 5.74) is 0. The van der Waals surface area contributed by atoms with Crippen molar-refractivity contribution in [2.24, 2.45) is 0 Å². The Balaban J connectivity index is 3.91. The fraction of sp³-hybridized carbons (Fsp3) is 1.00. The van der Waals surface area contributed by atoms with Crippen LogP contribution in [0.2, 0.25) is 0 Å². The van der Waals surface area contributed by atoms with Crippen LogP contribution in [0.4, 0.5) is 0 Å². The van der Waals surface area contributed by atoms with Crippen molar-refractivity contribution in [3.63, 3.8) is 0 Å². The maximum Gasteiger partial charge on any atom is 0.215 e. The molecule has 0 aromatic carbocycles. The first-order valence-corrected chi connectivity index (χ1v) is 6.29. The zero-order chi connectivity index (χ0) is 11.0.